The Bertz CT molecular complexity index is 1140. The van der Waals surface area contributed by atoms with Crippen LogP contribution in [0.1, 0.15) is 25.7 Å². The van der Waals surface area contributed by atoms with Crippen LogP contribution in [0.3, 0.4) is 0 Å². The molecule has 5 N–H and O–H groups in total. The van der Waals surface area contributed by atoms with Crippen molar-refractivity contribution in [1.82, 2.24) is 29.8 Å². The molecule has 2 heterocycles. The van der Waals surface area contributed by atoms with Gasteiger partial charge in [0.2, 0.25) is 5.91 Å². The topological polar surface area (TPSA) is 246 Å². The third-order valence-corrected chi connectivity index (χ3v) is 7.76. The van der Waals surface area contributed by atoms with E-state index in [1.807, 2.05) is 0 Å². The van der Waals surface area contributed by atoms with Crippen molar-refractivity contribution >= 4 is 47.4 Å². The normalized spacial score (nSPS) is 18.3. The van der Waals surface area contributed by atoms with E-state index < -0.39 is 59.8 Å². The zero-order valence-electron chi connectivity index (χ0n) is 26.3. The van der Waals surface area contributed by atoms with Crippen molar-refractivity contribution in [1.29, 1.82) is 0 Å². The molecule has 1 atom stereocenters. The van der Waals surface area contributed by atoms with Crippen molar-refractivity contribution in [2.45, 2.75) is 25.7 Å². The number of Topliss-reactive ketones (excluding diaryl/α,β-unsaturated/α-hetero) is 1. The number of hydrogen-bond acceptors (Lipinski definition) is 12. The first-order valence-corrected chi connectivity index (χ1v) is 15.3. The molecule has 0 aromatic rings. The van der Waals surface area contributed by atoms with E-state index in [9.17, 15) is 58.8 Å². The summed E-state index contributed by atoms with van der Waals surface area (Å²) in [6.45, 7) is 0.432. The molecule has 47 heavy (non-hydrogen) atoms. The molecule has 0 aromatic carbocycles. The molecule has 1 saturated heterocycles. The average Bonchev–Trinajstić information content (AvgIpc) is 3.30. The predicted molar refractivity (Wildman–Crippen MR) is 162 cm³/mol. The summed E-state index contributed by atoms with van der Waals surface area (Å²) in [4.78, 5) is 102. The largest absolute Gasteiger partial charge is 0.481 e. The van der Waals surface area contributed by atoms with Crippen molar-refractivity contribution in [3.8, 4) is 0 Å². The van der Waals surface area contributed by atoms with E-state index in [0.29, 0.717) is 12.8 Å². The average molecular weight is 669 g/mol. The highest BCUT2D eigenvalue weighted by Crippen LogP contribution is 2.15. The van der Waals surface area contributed by atoms with Gasteiger partial charge in [-0.2, -0.15) is 0 Å². The number of aliphatic carboxylic acids is 4. The van der Waals surface area contributed by atoms with Crippen LogP contribution in [0.2, 0.25) is 0 Å². The summed E-state index contributed by atoms with van der Waals surface area (Å²) in [5.41, 5.74) is 0. The zero-order chi connectivity index (χ0) is 34.9. The molecular formula is C29H44N6O12. The number of amides is 3. The quantitative estimate of drug-likeness (QED) is 0.0738. The van der Waals surface area contributed by atoms with Gasteiger partial charge in [0.1, 0.15) is 0 Å². The van der Waals surface area contributed by atoms with Crippen LogP contribution in [0.4, 0.5) is 0 Å². The lowest BCUT2D eigenvalue weighted by Gasteiger charge is -2.32. The van der Waals surface area contributed by atoms with Gasteiger partial charge in [-0.25, -0.2) is 0 Å². The van der Waals surface area contributed by atoms with Gasteiger partial charge in [0, 0.05) is 77.5 Å². The van der Waals surface area contributed by atoms with Gasteiger partial charge < -0.3 is 25.7 Å². The second-order valence-electron chi connectivity index (χ2n) is 11.5. The smallest absolute Gasteiger partial charge is 0.317 e. The van der Waals surface area contributed by atoms with Gasteiger partial charge in [-0.1, -0.05) is 6.42 Å². The molecule has 3 amide bonds. The molecule has 2 rings (SSSR count). The number of nitrogens with zero attached hydrogens (tertiary/aromatic N) is 5. The Hall–Kier alpha value is -4.26. The summed E-state index contributed by atoms with van der Waals surface area (Å²) >= 11 is 0. The number of carbonyl (C=O) groups is 8. The fraction of sp³-hybridized carbons (Fsp3) is 0.655. The molecule has 18 nitrogen and oxygen atoms in total. The lowest BCUT2D eigenvalue weighted by Crippen LogP contribution is -2.50. The van der Waals surface area contributed by atoms with Gasteiger partial charge in [-0.3, -0.25) is 62.9 Å². The summed E-state index contributed by atoms with van der Waals surface area (Å²) in [5, 5.41) is 40.0. The molecule has 0 saturated carbocycles. The highest BCUT2D eigenvalue weighted by Gasteiger charge is 2.25. The number of carboxylic acids is 4. The number of hydrogen-bond donors (Lipinski definition) is 5. The Kier molecular flexibility index (Phi) is 16.6. The fourth-order valence-corrected chi connectivity index (χ4v) is 5.21. The van der Waals surface area contributed by atoms with Crippen LogP contribution in [0, 0.1) is 5.92 Å². The van der Waals surface area contributed by atoms with Gasteiger partial charge in [0.15, 0.2) is 5.78 Å². The van der Waals surface area contributed by atoms with E-state index in [0.717, 1.165) is 17.1 Å². The van der Waals surface area contributed by atoms with Crippen molar-refractivity contribution < 1.29 is 58.8 Å². The monoisotopic (exact) mass is 668 g/mol. The van der Waals surface area contributed by atoms with E-state index in [-0.39, 0.29) is 97.9 Å². The molecule has 1 fully saturated rings. The lowest BCUT2D eigenvalue weighted by molar-refractivity contribution is -0.144. The molecule has 262 valence electrons. The van der Waals surface area contributed by atoms with E-state index in [2.05, 4.69) is 5.32 Å². The van der Waals surface area contributed by atoms with Crippen LogP contribution in [-0.2, 0) is 38.4 Å². The molecule has 0 spiro atoms. The summed E-state index contributed by atoms with van der Waals surface area (Å²) in [6.07, 6.45) is 2.87. The van der Waals surface area contributed by atoms with Gasteiger partial charge in [-0.05, 0) is 12.8 Å². The number of unbranched alkanes of at least 4 members (excludes halogenated alkanes) is 1. The molecule has 2 aliphatic rings. The minimum absolute atomic E-state index is 0.139. The van der Waals surface area contributed by atoms with Crippen LogP contribution < -0.4 is 5.32 Å². The summed E-state index contributed by atoms with van der Waals surface area (Å²) in [6, 6.07) is 0. The Morgan fingerprint density at radius 1 is 0.638 bits per heavy atom. The third-order valence-electron chi connectivity index (χ3n) is 7.76. The molecular weight excluding hydrogens is 624 g/mol. The second-order valence-corrected chi connectivity index (χ2v) is 11.5. The summed E-state index contributed by atoms with van der Waals surface area (Å²) < 4.78 is 0. The standard InChI is InChI=1S/C29H44N6O12/c36-22(15-21(29(46)47)3-1-2-6-35-24(38)4-5-25(35)39)16-30-23(37)17-31-7-9-32(18-26(40)41)11-13-34(20-28(44)45)14-12-33(10-8-31)19-27(42)43/h4-5,21H,1-3,6-20H2,(H,30,37)(H,40,41)(H,42,43)(H,44,45)(H,46,47)/t21-/m1/s1. The van der Waals surface area contributed by atoms with Crippen LogP contribution in [-0.4, -0.2) is 184 Å². The van der Waals surface area contributed by atoms with Gasteiger partial charge in [0.25, 0.3) is 11.8 Å². The number of imide groups is 1. The number of carbonyl (C=O) groups excluding carboxylic acids is 4. The lowest BCUT2D eigenvalue weighted by atomic mass is 9.96. The minimum atomic E-state index is -1.18. The first-order valence-electron chi connectivity index (χ1n) is 15.3. The summed E-state index contributed by atoms with van der Waals surface area (Å²) in [5.74, 6) is -7.30. The highest BCUT2D eigenvalue weighted by molar-refractivity contribution is 6.12. The third kappa shape index (κ3) is 15.7. The Balaban J connectivity index is 1.92. The van der Waals surface area contributed by atoms with Gasteiger partial charge >= 0.3 is 23.9 Å². The molecule has 0 radical (unpaired) electrons. The van der Waals surface area contributed by atoms with Crippen LogP contribution >= 0.6 is 0 Å². The van der Waals surface area contributed by atoms with Crippen molar-refractivity contribution in [2.75, 3.05) is 91.6 Å². The second kappa shape index (κ2) is 20.1. The van der Waals surface area contributed by atoms with Crippen molar-refractivity contribution in [2.24, 2.45) is 5.92 Å². The predicted octanol–water partition coefficient (Wildman–Crippen LogP) is -2.67. The molecule has 0 aliphatic carbocycles. The SMILES string of the molecule is O=C(O)CN1CCN(CC(=O)O)CCN(CC(=O)NCC(=O)C[C@@H](CCCCN2C(=O)C=CC2=O)C(=O)O)CCN(CC(=O)O)CC1. The maximum absolute atomic E-state index is 12.8. The van der Waals surface area contributed by atoms with Crippen LogP contribution in [0.15, 0.2) is 12.2 Å². The first-order chi connectivity index (χ1) is 22.2. The molecule has 18 heteroatoms. The Labute approximate surface area is 271 Å². The zero-order valence-corrected chi connectivity index (χ0v) is 26.3. The van der Waals surface area contributed by atoms with Crippen molar-refractivity contribution in [3.05, 3.63) is 12.2 Å². The van der Waals surface area contributed by atoms with Crippen LogP contribution in [0.25, 0.3) is 0 Å². The van der Waals surface area contributed by atoms with E-state index >= 15 is 0 Å². The molecule has 2 aliphatic heterocycles. The van der Waals surface area contributed by atoms with Gasteiger partial charge in [0.05, 0.1) is 38.6 Å². The number of ketones is 1. The van der Waals surface area contributed by atoms with Crippen molar-refractivity contribution in [3.63, 3.8) is 0 Å². The number of carboxylic acid groups (broad SMARTS) is 4. The van der Waals surface area contributed by atoms with E-state index in [1.54, 1.807) is 19.6 Å². The summed E-state index contributed by atoms with van der Waals surface area (Å²) in [7, 11) is 0. The van der Waals surface area contributed by atoms with Crippen LogP contribution in [0.5, 0.6) is 0 Å². The molecule has 0 aromatic heterocycles. The highest BCUT2D eigenvalue weighted by atomic mass is 16.4. The van der Waals surface area contributed by atoms with E-state index in [1.165, 1.54) is 0 Å². The minimum Gasteiger partial charge on any atom is -0.481 e. The molecule has 0 bridgehead atoms. The van der Waals surface area contributed by atoms with E-state index in [4.69, 9.17) is 0 Å². The fourth-order valence-electron chi connectivity index (χ4n) is 5.21. The van der Waals surface area contributed by atoms with Gasteiger partial charge in [-0.15, -0.1) is 0 Å². The Morgan fingerprint density at radius 2 is 1.04 bits per heavy atom. The maximum atomic E-state index is 12.8. The maximum Gasteiger partial charge on any atom is 0.317 e. The first kappa shape index (κ1) is 38.9. The Morgan fingerprint density at radius 3 is 1.43 bits per heavy atom. The number of rotatable bonds is 18. The molecule has 0 unspecified atom stereocenters. The number of nitrogens with one attached hydrogen (secondary N) is 1.